The third-order valence-electron chi connectivity index (χ3n) is 2.88. The van der Waals surface area contributed by atoms with E-state index in [1.54, 1.807) is 12.1 Å². The highest BCUT2D eigenvalue weighted by Gasteiger charge is 2.13. The van der Waals surface area contributed by atoms with Gasteiger partial charge in [-0.3, -0.25) is 0 Å². The lowest BCUT2D eigenvalue weighted by molar-refractivity contribution is -0.130. The second kappa shape index (κ2) is 6.00. The zero-order chi connectivity index (χ0) is 15.4. The predicted octanol–water partition coefficient (Wildman–Crippen LogP) is 3.15. The minimum atomic E-state index is -1.22. The molecule has 2 aromatic rings. The molecule has 0 aliphatic carbocycles. The highest BCUT2D eigenvalue weighted by Crippen LogP contribution is 2.21. The molecule has 0 fully saturated rings. The molecule has 2 N–H and O–H groups in total. The molecule has 0 saturated carbocycles. The number of hydrogen-bond donors (Lipinski definition) is 2. The Labute approximate surface area is 119 Å². The summed E-state index contributed by atoms with van der Waals surface area (Å²) in [5.74, 6) is -2.85. The number of carbonyl (C=O) groups is 2. The van der Waals surface area contributed by atoms with Crippen LogP contribution in [0, 0.1) is 5.82 Å². The second-order valence-electron chi connectivity index (χ2n) is 4.26. The monoisotopic (exact) mass is 286 g/mol. The molecule has 5 heteroatoms. The largest absolute Gasteiger partial charge is 0.478 e. The van der Waals surface area contributed by atoms with Gasteiger partial charge < -0.3 is 10.2 Å². The van der Waals surface area contributed by atoms with Gasteiger partial charge in [-0.2, -0.15) is 0 Å². The topological polar surface area (TPSA) is 74.6 Å². The van der Waals surface area contributed by atoms with E-state index < -0.39 is 17.8 Å². The molecule has 0 heterocycles. The Balaban J connectivity index is 2.56. The third kappa shape index (κ3) is 3.33. The maximum Gasteiger partial charge on any atom is 0.336 e. The molecule has 0 radical (unpaired) electrons. The predicted molar refractivity (Wildman–Crippen MR) is 75.3 cm³/mol. The van der Waals surface area contributed by atoms with Gasteiger partial charge in [-0.1, -0.05) is 30.3 Å². The van der Waals surface area contributed by atoms with Gasteiger partial charge in [0.15, 0.2) is 0 Å². The molecule has 0 spiro atoms. The van der Waals surface area contributed by atoms with E-state index in [-0.39, 0.29) is 16.7 Å². The maximum absolute atomic E-state index is 12.9. The first-order chi connectivity index (χ1) is 9.99. The van der Waals surface area contributed by atoms with E-state index in [0.717, 1.165) is 12.1 Å². The van der Waals surface area contributed by atoms with Crippen LogP contribution in [0.25, 0.3) is 11.6 Å². The van der Waals surface area contributed by atoms with Crippen molar-refractivity contribution in [2.45, 2.75) is 0 Å². The molecule has 0 unspecified atom stereocenters. The first-order valence-electron chi connectivity index (χ1n) is 6.02. The van der Waals surface area contributed by atoms with Crippen LogP contribution in [-0.4, -0.2) is 22.2 Å². The van der Waals surface area contributed by atoms with Gasteiger partial charge >= 0.3 is 11.9 Å². The molecule has 0 bridgehead atoms. The van der Waals surface area contributed by atoms with E-state index in [0.29, 0.717) is 5.56 Å². The average Bonchev–Trinajstić information content (AvgIpc) is 2.46. The Bertz CT molecular complexity index is 717. The van der Waals surface area contributed by atoms with Crippen molar-refractivity contribution in [3.63, 3.8) is 0 Å². The van der Waals surface area contributed by atoms with Gasteiger partial charge in [-0.25, -0.2) is 14.0 Å². The van der Waals surface area contributed by atoms with E-state index in [2.05, 4.69) is 0 Å². The highest BCUT2D eigenvalue weighted by atomic mass is 19.1. The number of carboxylic acids is 2. The molecule has 0 aliphatic rings. The smallest absolute Gasteiger partial charge is 0.336 e. The molecule has 2 rings (SSSR count). The van der Waals surface area contributed by atoms with Crippen LogP contribution in [0.15, 0.2) is 48.5 Å². The van der Waals surface area contributed by atoms with Crippen molar-refractivity contribution in [3.8, 4) is 0 Å². The lowest BCUT2D eigenvalue weighted by Crippen LogP contribution is -2.03. The van der Waals surface area contributed by atoms with E-state index in [1.807, 2.05) is 0 Å². The Morgan fingerprint density at radius 1 is 0.952 bits per heavy atom. The number of aliphatic carboxylic acids is 1. The molecule has 21 heavy (non-hydrogen) atoms. The molecular formula is C16H11FO4. The summed E-state index contributed by atoms with van der Waals surface area (Å²) in [5, 5.41) is 18.4. The minimum Gasteiger partial charge on any atom is -0.478 e. The molecule has 2 aromatic carbocycles. The highest BCUT2D eigenvalue weighted by molar-refractivity contribution is 6.21. The molecule has 0 aliphatic heterocycles. The van der Waals surface area contributed by atoms with Gasteiger partial charge in [-0.15, -0.1) is 0 Å². The fourth-order valence-electron chi connectivity index (χ4n) is 1.87. The average molecular weight is 286 g/mol. The molecular weight excluding hydrogens is 275 g/mol. The lowest BCUT2D eigenvalue weighted by Gasteiger charge is -2.05. The standard InChI is InChI=1S/C16H11FO4/c17-12-7-5-10(6-8-12)14(16(20)21)9-11-3-1-2-4-13(11)15(18)19/h1-9H,(H,18,19)(H,20,21)/b14-9-. The summed E-state index contributed by atoms with van der Waals surface area (Å²) in [5.41, 5.74) is 0.456. The molecule has 0 atom stereocenters. The summed E-state index contributed by atoms with van der Waals surface area (Å²) >= 11 is 0. The maximum atomic E-state index is 12.9. The Morgan fingerprint density at radius 3 is 2.14 bits per heavy atom. The van der Waals surface area contributed by atoms with Gasteiger partial charge in [0.05, 0.1) is 11.1 Å². The van der Waals surface area contributed by atoms with Crippen LogP contribution in [0.5, 0.6) is 0 Å². The van der Waals surface area contributed by atoms with Crippen LogP contribution >= 0.6 is 0 Å². The van der Waals surface area contributed by atoms with Gasteiger partial charge in [0, 0.05) is 0 Å². The number of benzene rings is 2. The van der Waals surface area contributed by atoms with Crippen molar-refractivity contribution < 1.29 is 24.2 Å². The summed E-state index contributed by atoms with van der Waals surface area (Å²) in [7, 11) is 0. The van der Waals surface area contributed by atoms with Crippen molar-refractivity contribution in [3.05, 3.63) is 71.0 Å². The van der Waals surface area contributed by atoms with Crippen LogP contribution in [0.3, 0.4) is 0 Å². The zero-order valence-corrected chi connectivity index (χ0v) is 10.8. The van der Waals surface area contributed by atoms with Gasteiger partial charge in [0.25, 0.3) is 0 Å². The van der Waals surface area contributed by atoms with Gasteiger partial charge in [0.2, 0.25) is 0 Å². The number of carboxylic acid groups (broad SMARTS) is 2. The van der Waals surface area contributed by atoms with Crippen molar-refractivity contribution in [1.29, 1.82) is 0 Å². The van der Waals surface area contributed by atoms with Gasteiger partial charge in [-0.05, 0) is 35.4 Å². The summed E-state index contributed by atoms with van der Waals surface area (Å²) < 4.78 is 12.9. The first-order valence-corrected chi connectivity index (χ1v) is 6.02. The fourth-order valence-corrected chi connectivity index (χ4v) is 1.87. The summed E-state index contributed by atoms with van der Waals surface area (Å²) in [6.45, 7) is 0. The van der Waals surface area contributed by atoms with E-state index in [4.69, 9.17) is 5.11 Å². The number of rotatable bonds is 4. The van der Waals surface area contributed by atoms with Crippen molar-refractivity contribution >= 4 is 23.6 Å². The minimum absolute atomic E-state index is 0.00152. The van der Waals surface area contributed by atoms with Crippen LogP contribution in [-0.2, 0) is 4.79 Å². The summed E-state index contributed by atoms with van der Waals surface area (Å²) in [4.78, 5) is 22.5. The summed E-state index contributed by atoms with van der Waals surface area (Å²) in [6, 6.07) is 11.0. The van der Waals surface area contributed by atoms with E-state index in [9.17, 15) is 19.1 Å². The van der Waals surface area contributed by atoms with Crippen LogP contribution in [0.1, 0.15) is 21.5 Å². The number of halogens is 1. The summed E-state index contributed by atoms with van der Waals surface area (Å²) in [6.07, 6.45) is 1.26. The van der Waals surface area contributed by atoms with Gasteiger partial charge in [0.1, 0.15) is 5.82 Å². The Morgan fingerprint density at radius 2 is 1.57 bits per heavy atom. The molecule has 106 valence electrons. The Hall–Kier alpha value is -2.95. The fraction of sp³-hybridized carbons (Fsp3) is 0. The van der Waals surface area contributed by atoms with Crippen molar-refractivity contribution in [2.75, 3.05) is 0 Å². The molecule has 0 saturated heterocycles. The third-order valence-corrected chi connectivity index (χ3v) is 2.88. The Kier molecular flexibility index (Phi) is 4.13. The van der Waals surface area contributed by atoms with Crippen molar-refractivity contribution in [2.24, 2.45) is 0 Å². The van der Waals surface area contributed by atoms with E-state index in [1.165, 1.54) is 30.3 Å². The zero-order valence-electron chi connectivity index (χ0n) is 10.8. The lowest BCUT2D eigenvalue weighted by atomic mass is 10.00. The molecule has 0 aromatic heterocycles. The molecule has 0 amide bonds. The van der Waals surface area contributed by atoms with Crippen LogP contribution in [0.4, 0.5) is 4.39 Å². The first kappa shape index (κ1) is 14.5. The van der Waals surface area contributed by atoms with Crippen LogP contribution in [0.2, 0.25) is 0 Å². The number of aromatic carboxylic acids is 1. The van der Waals surface area contributed by atoms with Crippen LogP contribution < -0.4 is 0 Å². The molecule has 4 nitrogen and oxygen atoms in total. The quantitative estimate of drug-likeness (QED) is 0.668. The van der Waals surface area contributed by atoms with Crippen molar-refractivity contribution in [1.82, 2.24) is 0 Å². The number of hydrogen-bond acceptors (Lipinski definition) is 2. The van der Waals surface area contributed by atoms with E-state index >= 15 is 0 Å². The SMILES string of the molecule is O=C(O)/C(=C\c1ccccc1C(=O)O)c1ccc(F)cc1. The second-order valence-corrected chi connectivity index (χ2v) is 4.26. The normalized spacial score (nSPS) is 11.2.